The summed E-state index contributed by atoms with van der Waals surface area (Å²) < 4.78 is 0. The van der Waals surface area contributed by atoms with Gasteiger partial charge in [-0.1, -0.05) is 47.0 Å². The molecule has 0 amide bonds. The summed E-state index contributed by atoms with van der Waals surface area (Å²) in [6.07, 6.45) is 6.95. The van der Waals surface area contributed by atoms with Crippen molar-refractivity contribution < 1.29 is 0 Å². The van der Waals surface area contributed by atoms with Gasteiger partial charge in [-0.05, 0) is 30.2 Å². The zero-order valence-electron chi connectivity index (χ0n) is 12.1. The molecule has 17 heavy (non-hydrogen) atoms. The van der Waals surface area contributed by atoms with E-state index in [1.165, 1.54) is 38.6 Å². The lowest BCUT2D eigenvalue weighted by Crippen LogP contribution is -2.41. The van der Waals surface area contributed by atoms with Gasteiger partial charge < -0.3 is 10.6 Å². The van der Waals surface area contributed by atoms with Crippen molar-refractivity contribution in [2.45, 2.75) is 71.9 Å². The van der Waals surface area contributed by atoms with Crippen LogP contribution in [0.25, 0.3) is 0 Å². The number of hydrogen-bond acceptors (Lipinski definition) is 2. The SMILES string of the molecule is CC1(C)C(NCC2CCCCCCN2)C1(C)C. The van der Waals surface area contributed by atoms with Gasteiger partial charge in [0.15, 0.2) is 0 Å². The minimum Gasteiger partial charge on any atom is -0.313 e. The Balaban J connectivity index is 1.74. The monoisotopic (exact) mass is 238 g/mol. The minimum atomic E-state index is 0.467. The number of nitrogens with one attached hydrogen (secondary N) is 2. The lowest BCUT2D eigenvalue weighted by atomic mass is 10.0. The van der Waals surface area contributed by atoms with Crippen LogP contribution >= 0.6 is 0 Å². The molecule has 2 fully saturated rings. The smallest absolute Gasteiger partial charge is 0.0192 e. The molecule has 2 nitrogen and oxygen atoms in total. The maximum absolute atomic E-state index is 3.79. The molecular weight excluding hydrogens is 208 g/mol. The van der Waals surface area contributed by atoms with Crippen LogP contribution in [0.2, 0.25) is 0 Å². The van der Waals surface area contributed by atoms with Gasteiger partial charge in [0.1, 0.15) is 0 Å². The van der Waals surface area contributed by atoms with Crippen LogP contribution in [0.5, 0.6) is 0 Å². The predicted molar refractivity (Wildman–Crippen MR) is 74.2 cm³/mol. The maximum Gasteiger partial charge on any atom is 0.0192 e. The van der Waals surface area contributed by atoms with E-state index in [-0.39, 0.29) is 0 Å². The second kappa shape index (κ2) is 4.89. The molecule has 2 aliphatic rings. The Bertz CT molecular complexity index is 236. The molecule has 1 atom stereocenters. The zero-order chi connectivity index (χ0) is 12.5. The topological polar surface area (TPSA) is 24.1 Å². The van der Waals surface area contributed by atoms with E-state index in [0.29, 0.717) is 22.9 Å². The van der Waals surface area contributed by atoms with E-state index in [2.05, 4.69) is 38.3 Å². The molecule has 0 aromatic heterocycles. The second-order valence-corrected chi connectivity index (χ2v) is 7.14. The molecule has 1 aliphatic heterocycles. The Morgan fingerprint density at radius 3 is 2.29 bits per heavy atom. The third-order valence-corrected chi connectivity index (χ3v) is 5.50. The molecule has 1 saturated heterocycles. The highest BCUT2D eigenvalue weighted by atomic mass is 15.1. The van der Waals surface area contributed by atoms with Crippen LogP contribution in [0.4, 0.5) is 0 Å². The third-order valence-electron chi connectivity index (χ3n) is 5.50. The van der Waals surface area contributed by atoms with Crippen molar-refractivity contribution in [3.63, 3.8) is 0 Å². The van der Waals surface area contributed by atoms with Gasteiger partial charge in [0, 0.05) is 18.6 Å². The van der Waals surface area contributed by atoms with Crippen molar-refractivity contribution in [1.82, 2.24) is 10.6 Å². The van der Waals surface area contributed by atoms with Crippen LogP contribution in [0, 0.1) is 10.8 Å². The molecule has 2 N–H and O–H groups in total. The molecule has 1 heterocycles. The van der Waals surface area contributed by atoms with E-state index in [1.807, 2.05) is 0 Å². The quantitative estimate of drug-likeness (QED) is 0.790. The molecule has 0 bridgehead atoms. The molecule has 2 rings (SSSR count). The van der Waals surface area contributed by atoms with Crippen molar-refractivity contribution in [2.24, 2.45) is 10.8 Å². The fraction of sp³-hybridized carbons (Fsp3) is 1.00. The van der Waals surface area contributed by atoms with Crippen LogP contribution in [0.3, 0.4) is 0 Å². The minimum absolute atomic E-state index is 0.467. The van der Waals surface area contributed by atoms with E-state index in [4.69, 9.17) is 0 Å². The first-order chi connectivity index (χ1) is 7.96. The summed E-state index contributed by atoms with van der Waals surface area (Å²) in [4.78, 5) is 0. The molecule has 100 valence electrons. The maximum atomic E-state index is 3.79. The fourth-order valence-corrected chi connectivity index (χ4v) is 3.42. The lowest BCUT2D eigenvalue weighted by molar-refractivity contribution is 0.388. The van der Waals surface area contributed by atoms with E-state index in [1.54, 1.807) is 0 Å². The average molecular weight is 238 g/mol. The van der Waals surface area contributed by atoms with Gasteiger partial charge in [0.2, 0.25) is 0 Å². The van der Waals surface area contributed by atoms with Gasteiger partial charge in [-0.3, -0.25) is 0 Å². The van der Waals surface area contributed by atoms with Crippen LogP contribution in [-0.2, 0) is 0 Å². The molecule has 1 saturated carbocycles. The van der Waals surface area contributed by atoms with Gasteiger partial charge in [-0.25, -0.2) is 0 Å². The Hall–Kier alpha value is -0.0800. The summed E-state index contributed by atoms with van der Waals surface area (Å²) in [7, 11) is 0. The lowest BCUT2D eigenvalue weighted by Gasteiger charge is -2.22. The number of hydrogen-bond donors (Lipinski definition) is 2. The summed E-state index contributed by atoms with van der Waals surface area (Å²) in [5.74, 6) is 0. The highest BCUT2D eigenvalue weighted by molar-refractivity contribution is 5.17. The molecule has 0 aromatic carbocycles. The standard InChI is InChI=1S/C15H30N2/c1-14(2)13(15(14,3)4)17-11-12-9-7-5-6-8-10-16-12/h12-13,16-17H,5-11H2,1-4H3. The van der Waals surface area contributed by atoms with Crippen LogP contribution in [0.1, 0.15) is 59.8 Å². The van der Waals surface area contributed by atoms with Crippen molar-refractivity contribution in [3.8, 4) is 0 Å². The second-order valence-electron chi connectivity index (χ2n) is 7.14. The van der Waals surface area contributed by atoms with E-state index < -0.39 is 0 Å². The third kappa shape index (κ3) is 2.68. The highest BCUT2D eigenvalue weighted by Gasteiger charge is 2.64. The average Bonchev–Trinajstić information content (AvgIpc) is 2.57. The Morgan fingerprint density at radius 2 is 1.65 bits per heavy atom. The summed E-state index contributed by atoms with van der Waals surface area (Å²) in [5, 5.41) is 7.49. The Kier molecular flexibility index (Phi) is 3.84. The first kappa shape index (κ1) is 13.4. The largest absolute Gasteiger partial charge is 0.313 e. The molecule has 2 heteroatoms. The van der Waals surface area contributed by atoms with Crippen LogP contribution in [0.15, 0.2) is 0 Å². The van der Waals surface area contributed by atoms with Gasteiger partial charge in [-0.15, -0.1) is 0 Å². The first-order valence-electron chi connectivity index (χ1n) is 7.43. The van der Waals surface area contributed by atoms with Crippen molar-refractivity contribution >= 4 is 0 Å². The van der Waals surface area contributed by atoms with Crippen molar-refractivity contribution in [3.05, 3.63) is 0 Å². The van der Waals surface area contributed by atoms with Gasteiger partial charge in [0.05, 0.1) is 0 Å². The first-order valence-corrected chi connectivity index (χ1v) is 7.43. The fourth-order valence-electron chi connectivity index (χ4n) is 3.42. The van der Waals surface area contributed by atoms with E-state index in [0.717, 1.165) is 6.54 Å². The molecular formula is C15H30N2. The number of rotatable bonds is 3. The van der Waals surface area contributed by atoms with Crippen molar-refractivity contribution in [1.29, 1.82) is 0 Å². The van der Waals surface area contributed by atoms with Gasteiger partial charge >= 0.3 is 0 Å². The summed E-state index contributed by atoms with van der Waals surface area (Å²) in [6, 6.07) is 1.39. The van der Waals surface area contributed by atoms with E-state index >= 15 is 0 Å². The van der Waals surface area contributed by atoms with Crippen LogP contribution < -0.4 is 10.6 Å². The molecule has 0 aromatic rings. The normalized spacial score (nSPS) is 32.8. The van der Waals surface area contributed by atoms with Crippen LogP contribution in [-0.4, -0.2) is 25.2 Å². The molecule has 0 spiro atoms. The zero-order valence-corrected chi connectivity index (χ0v) is 12.1. The van der Waals surface area contributed by atoms with Gasteiger partial charge in [0.25, 0.3) is 0 Å². The predicted octanol–water partition coefficient (Wildman–Crippen LogP) is 2.93. The van der Waals surface area contributed by atoms with Crippen molar-refractivity contribution in [2.75, 3.05) is 13.1 Å². The molecule has 1 unspecified atom stereocenters. The Morgan fingerprint density at radius 1 is 1.00 bits per heavy atom. The van der Waals surface area contributed by atoms with E-state index in [9.17, 15) is 0 Å². The highest BCUT2D eigenvalue weighted by Crippen LogP contribution is 2.62. The summed E-state index contributed by atoms with van der Waals surface area (Å²) in [6.45, 7) is 11.9. The Labute approximate surface area is 107 Å². The molecule has 1 aliphatic carbocycles. The summed E-state index contributed by atoms with van der Waals surface area (Å²) in [5.41, 5.74) is 0.934. The van der Waals surface area contributed by atoms with Gasteiger partial charge in [-0.2, -0.15) is 0 Å². The summed E-state index contributed by atoms with van der Waals surface area (Å²) >= 11 is 0. The molecule has 0 radical (unpaired) electrons.